The second-order valence-electron chi connectivity index (χ2n) is 5.05. The van der Waals surface area contributed by atoms with Crippen molar-refractivity contribution in [2.24, 2.45) is 0 Å². The first-order valence-electron chi connectivity index (χ1n) is 7.18. The zero-order chi connectivity index (χ0) is 16.1. The SMILES string of the molecule is N#CN1CCNCC1c1ncc(OCc2ccncc2Br)cn1. The molecule has 1 N–H and O–H groups in total. The van der Waals surface area contributed by atoms with Crippen LogP contribution in [0.15, 0.2) is 35.3 Å². The lowest BCUT2D eigenvalue weighted by atomic mass is 10.2. The minimum absolute atomic E-state index is 0.128. The van der Waals surface area contributed by atoms with E-state index in [1.165, 1.54) is 0 Å². The number of nitriles is 1. The van der Waals surface area contributed by atoms with Gasteiger partial charge in [0.25, 0.3) is 0 Å². The number of piperazine rings is 1. The Bertz CT molecular complexity index is 702. The summed E-state index contributed by atoms with van der Waals surface area (Å²) in [5.74, 6) is 1.21. The molecule has 1 aliphatic heterocycles. The van der Waals surface area contributed by atoms with Crippen molar-refractivity contribution in [3.05, 3.63) is 46.7 Å². The van der Waals surface area contributed by atoms with Gasteiger partial charge in [-0.25, -0.2) is 9.97 Å². The van der Waals surface area contributed by atoms with E-state index in [0.717, 1.165) is 16.6 Å². The van der Waals surface area contributed by atoms with Crippen molar-refractivity contribution in [1.82, 2.24) is 25.2 Å². The fourth-order valence-corrected chi connectivity index (χ4v) is 2.67. The number of nitrogens with zero attached hydrogens (tertiary/aromatic N) is 5. The number of pyridine rings is 1. The molecule has 0 bridgehead atoms. The van der Waals surface area contributed by atoms with Gasteiger partial charge < -0.3 is 10.1 Å². The van der Waals surface area contributed by atoms with E-state index >= 15 is 0 Å². The molecule has 8 heteroatoms. The lowest BCUT2D eigenvalue weighted by Gasteiger charge is -2.30. The second-order valence-corrected chi connectivity index (χ2v) is 5.90. The average molecular weight is 375 g/mol. The molecule has 1 unspecified atom stereocenters. The third kappa shape index (κ3) is 3.75. The molecule has 0 amide bonds. The molecule has 23 heavy (non-hydrogen) atoms. The number of rotatable bonds is 4. The fourth-order valence-electron chi connectivity index (χ4n) is 2.31. The van der Waals surface area contributed by atoms with Gasteiger partial charge in [0.1, 0.15) is 12.6 Å². The number of halogens is 1. The Kier molecular flexibility index (Phi) is 5.00. The highest BCUT2D eigenvalue weighted by atomic mass is 79.9. The highest BCUT2D eigenvalue weighted by Crippen LogP contribution is 2.20. The van der Waals surface area contributed by atoms with Gasteiger partial charge in [-0.3, -0.25) is 9.88 Å². The van der Waals surface area contributed by atoms with Crippen LogP contribution in [0, 0.1) is 11.5 Å². The van der Waals surface area contributed by atoms with Crippen LogP contribution in [0.3, 0.4) is 0 Å². The Morgan fingerprint density at radius 2 is 2.22 bits per heavy atom. The number of aromatic nitrogens is 3. The molecule has 3 heterocycles. The quantitative estimate of drug-likeness (QED) is 0.813. The van der Waals surface area contributed by atoms with Crippen molar-refractivity contribution >= 4 is 15.9 Å². The molecule has 1 aliphatic rings. The summed E-state index contributed by atoms with van der Waals surface area (Å²) in [6.07, 6.45) is 8.92. The van der Waals surface area contributed by atoms with E-state index in [-0.39, 0.29) is 6.04 Å². The summed E-state index contributed by atoms with van der Waals surface area (Å²) in [4.78, 5) is 14.4. The summed E-state index contributed by atoms with van der Waals surface area (Å²) in [5.41, 5.74) is 0.996. The minimum Gasteiger partial charge on any atom is -0.486 e. The molecule has 2 aromatic rings. The summed E-state index contributed by atoms with van der Waals surface area (Å²) in [5, 5.41) is 12.4. The average Bonchev–Trinajstić information content (AvgIpc) is 2.61. The van der Waals surface area contributed by atoms with E-state index in [9.17, 15) is 5.26 Å². The van der Waals surface area contributed by atoms with Crippen LogP contribution in [0.5, 0.6) is 5.75 Å². The van der Waals surface area contributed by atoms with Gasteiger partial charge in [0.05, 0.1) is 12.4 Å². The summed E-state index contributed by atoms with van der Waals surface area (Å²) < 4.78 is 6.59. The van der Waals surface area contributed by atoms with Gasteiger partial charge >= 0.3 is 0 Å². The molecular formula is C15H15BrN6O. The van der Waals surface area contributed by atoms with E-state index in [1.807, 2.05) is 6.07 Å². The van der Waals surface area contributed by atoms with E-state index in [1.54, 1.807) is 29.7 Å². The Balaban J connectivity index is 1.65. The van der Waals surface area contributed by atoms with Crippen molar-refractivity contribution in [2.75, 3.05) is 19.6 Å². The summed E-state index contributed by atoms with van der Waals surface area (Å²) >= 11 is 3.43. The van der Waals surface area contributed by atoms with Crippen molar-refractivity contribution in [1.29, 1.82) is 5.26 Å². The molecule has 0 spiro atoms. The molecule has 1 atom stereocenters. The first kappa shape index (κ1) is 15.6. The number of hydrogen-bond acceptors (Lipinski definition) is 7. The Labute approximate surface area is 142 Å². The fraction of sp³-hybridized carbons (Fsp3) is 0.333. The van der Waals surface area contributed by atoms with Crippen LogP contribution in [0.4, 0.5) is 0 Å². The van der Waals surface area contributed by atoms with Crippen LogP contribution >= 0.6 is 15.9 Å². The summed E-state index contributed by atoms with van der Waals surface area (Å²) in [6, 6.07) is 1.76. The van der Waals surface area contributed by atoms with Crippen molar-refractivity contribution in [3.8, 4) is 11.9 Å². The smallest absolute Gasteiger partial charge is 0.180 e. The normalized spacial score (nSPS) is 17.6. The van der Waals surface area contributed by atoms with Gasteiger partial charge in [-0.15, -0.1) is 0 Å². The van der Waals surface area contributed by atoms with E-state index < -0.39 is 0 Å². The molecule has 0 aliphatic carbocycles. The van der Waals surface area contributed by atoms with Crippen molar-refractivity contribution in [3.63, 3.8) is 0 Å². The van der Waals surface area contributed by atoms with Crippen LogP contribution < -0.4 is 10.1 Å². The second kappa shape index (κ2) is 7.35. The molecule has 0 saturated carbocycles. The maximum atomic E-state index is 9.17. The lowest BCUT2D eigenvalue weighted by Crippen LogP contribution is -2.44. The standard InChI is InChI=1S/C15H15BrN6O/c16-13-7-18-2-1-11(13)9-23-12-5-20-15(21-6-12)14-8-19-3-4-22(14)10-17/h1-2,5-7,14,19H,3-4,8-9H2. The zero-order valence-electron chi connectivity index (χ0n) is 12.3. The van der Waals surface area contributed by atoms with Gasteiger partial charge in [0, 0.05) is 42.1 Å². The summed E-state index contributed by atoms with van der Waals surface area (Å²) in [7, 11) is 0. The molecular weight excluding hydrogens is 360 g/mol. The highest BCUT2D eigenvalue weighted by molar-refractivity contribution is 9.10. The molecule has 7 nitrogen and oxygen atoms in total. The largest absolute Gasteiger partial charge is 0.486 e. The first-order valence-corrected chi connectivity index (χ1v) is 7.97. The maximum Gasteiger partial charge on any atom is 0.180 e. The Hall–Kier alpha value is -2.24. The molecule has 118 valence electrons. The van der Waals surface area contributed by atoms with Gasteiger partial charge in [-0.1, -0.05) is 0 Å². The van der Waals surface area contributed by atoms with Crippen LogP contribution in [0.2, 0.25) is 0 Å². The molecule has 2 aromatic heterocycles. The summed E-state index contributed by atoms with van der Waals surface area (Å²) in [6.45, 7) is 2.53. The monoisotopic (exact) mass is 374 g/mol. The van der Waals surface area contributed by atoms with Gasteiger partial charge in [0.15, 0.2) is 17.8 Å². The lowest BCUT2D eigenvalue weighted by molar-refractivity contribution is 0.232. The number of nitrogens with one attached hydrogen (secondary N) is 1. The highest BCUT2D eigenvalue weighted by Gasteiger charge is 2.25. The topological polar surface area (TPSA) is 87.0 Å². The van der Waals surface area contributed by atoms with E-state index in [2.05, 4.69) is 42.4 Å². The number of hydrogen-bond donors (Lipinski definition) is 1. The predicted octanol–water partition coefficient (Wildman–Crippen LogP) is 1.64. The van der Waals surface area contributed by atoms with Crippen LogP contribution in [0.25, 0.3) is 0 Å². The van der Waals surface area contributed by atoms with Crippen LogP contribution in [-0.2, 0) is 6.61 Å². The van der Waals surface area contributed by atoms with Crippen LogP contribution in [0.1, 0.15) is 17.4 Å². The van der Waals surface area contributed by atoms with E-state index in [4.69, 9.17) is 4.74 Å². The molecule has 1 saturated heterocycles. The molecule has 0 aromatic carbocycles. The Morgan fingerprint density at radius 3 is 2.96 bits per heavy atom. The third-order valence-corrected chi connectivity index (χ3v) is 4.28. The minimum atomic E-state index is -0.128. The zero-order valence-corrected chi connectivity index (χ0v) is 13.9. The van der Waals surface area contributed by atoms with Gasteiger partial charge in [0.2, 0.25) is 0 Å². The predicted molar refractivity (Wildman–Crippen MR) is 86.2 cm³/mol. The molecule has 1 fully saturated rings. The Morgan fingerprint density at radius 1 is 1.39 bits per heavy atom. The van der Waals surface area contributed by atoms with Gasteiger partial charge in [-0.05, 0) is 22.0 Å². The molecule has 0 radical (unpaired) electrons. The van der Waals surface area contributed by atoms with Gasteiger partial charge in [-0.2, -0.15) is 5.26 Å². The van der Waals surface area contributed by atoms with Crippen LogP contribution in [-0.4, -0.2) is 39.5 Å². The third-order valence-electron chi connectivity index (χ3n) is 3.57. The van der Waals surface area contributed by atoms with Crippen molar-refractivity contribution in [2.45, 2.75) is 12.6 Å². The molecule has 3 rings (SSSR count). The van der Waals surface area contributed by atoms with Crippen molar-refractivity contribution < 1.29 is 4.74 Å². The van der Waals surface area contributed by atoms with E-state index in [0.29, 0.717) is 31.3 Å². The number of ether oxygens (including phenoxy) is 1. The first-order chi connectivity index (χ1) is 11.3. The maximum absolute atomic E-state index is 9.17.